The Labute approximate surface area is 113 Å². The van der Waals surface area contributed by atoms with Gasteiger partial charge in [-0.15, -0.1) is 0 Å². The Bertz CT molecular complexity index is 590. The summed E-state index contributed by atoms with van der Waals surface area (Å²) < 4.78 is 2.22. The Morgan fingerprint density at radius 3 is 2.95 bits per heavy atom. The predicted molar refractivity (Wildman–Crippen MR) is 76.8 cm³/mol. The maximum Gasteiger partial charge on any atom is 0.106 e. The third-order valence-electron chi connectivity index (χ3n) is 4.25. The SMILES string of the molecule is Cc1nc2cc(N)ccc2n1CC1CCCCC1O. The van der Waals surface area contributed by atoms with Crippen LogP contribution in [0.3, 0.4) is 0 Å². The molecule has 0 radical (unpaired) electrons. The summed E-state index contributed by atoms with van der Waals surface area (Å²) in [6.45, 7) is 2.87. The van der Waals surface area contributed by atoms with E-state index >= 15 is 0 Å². The first-order chi connectivity index (χ1) is 9.15. The van der Waals surface area contributed by atoms with Gasteiger partial charge in [0.15, 0.2) is 0 Å². The fraction of sp³-hybridized carbons (Fsp3) is 0.533. The van der Waals surface area contributed by atoms with Crippen LogP contribution in [0, 0.1) is 12.8 Å². The van der Waals surface area contributed by atoms with Crippen LogP contribution in [0.15, 0.2) is 18.2 Å². The fourth-order valence-corrected chi connectivity index (χ4v) is 3.13. The van der Waals surface area contributed by atoms with E-state index in [-0.39, 0.29) is 6.10 Å². The molecule has 1 aliphatic carbocycles. The maximum atomic E-state index is 10.1. The Morgan fingerprint density at radius 2 is 2.16 bits per heavy atom. The van der Waals surface area contributed by atoms with Crippen LogP contribution in [0.1, 0.15) is 31.5 Å². The number of nitrogens with zero attached hydrogens (tertiary/aromatic N) is 2. The van der Waals surface area contributed by atoms with E-state index in [0.29, 0.717) is 5.92 Å². The average molecular weight is 259 g/mol. The van der Waals surface area contributed by atoms with Crippen molar-refractivity contribution in [1.29, 1.82) is 0 Å². The molecule has 1 aromatic heterocycles. The lowest BCUT2D eigenvalue weighted by Crippen LogP contribution is -2.28. The summed E-state index contributed by atoms with van der Waals surface area (Å²) in [5, 5.41) is 10.1. The maximum absolute atomic E-state index is 10.1. The lowest BCUT2D eigenvalue weighted by molar-refractivity contribution is 0.0609. The highest BCUT2D eigenvalue weighted by molar-refractivity contribution is 5.79. The summed E-state index contributed by atoms with van der Waals surface area (Å²) in [5.41, 5.74) is 8.61. The van der Waals surface area contributed by atoms with Gasteiger partial charge in [0.05, 0.1) is 17.1 Å². The van der Waals surface area contributed by atoms with Gasteiger partial charge in [-0.3, -0.25) is 0 Å². The molecule has 4 nitrogen and oxygen atoms in total. The highest BCUT2D eigenvalue weighted by Crippen LogP contribution is 2.28. The zero-order valence-corrected chi connectivity index (χ0v) is 11.3. The molecule has 3 rings (SSSR count). The molecule has 2 unspecified atom stereocenters. The largest absolute Gasteiger partial charge is 0.399 e. The van der Waals surface area contributed by atoms with E-state index in [1.54, 1.807) is 0 Å². The quantitative estimate of drug-likeness (QED) is 0.814. The lowest BCUT2D eigenvalue weighted by Gasteiger charge is -2.28. The number of rotatable bonds is 2. The van der Waals surface area contributed by atoms with Gasteiger partial charge in [0.25, 0.3) is 0 Å². The lowest BCUT2D eigenvalue weighted by atomic mass is 9.86. The molecule has 4 heteroatoms. The molecule has 1 heterocycles. The van der Waals surface area contributed by atoms with E-state index in [9.17, 15) is 5.11 Å². The molecular weight excluding hydrogens is 238 g/mol. The van der Waals surface area contributed by atoms with E-state index in [1.165, 1.54) is 6.42 Å². The number of hydrogen-bond acceptors (Lipinski definition) is 3. The van der Waals surface area contributed by atoms with Crippen LogP contribution in [0.2, 0.25) is 0 Å². The first-order valence-corrected chi connectivity index (χ1v) is 7.05. The number of imidazole rings is 1. The Hall–Kier alpha value is -1.55. The summed E-state index contributed by atoms with van der Waals surface area (Å²) in [6.07, 6.45) is 4.25. The van der Waals surface area contributed by atoms with Crippen LogP contribution in [-0.4, -0.2) is 20.8 Å². The van der Waals surface area contributed by atoms with Crippen molar-refractivity contribution in [3.8, 4) is 0 Å². The third kappa shape index (κ3) is 2.32. The smallest absolute Gasteiger partial charge is 0.106 e. The second-order valence-corrected chi connectivity index (χ2v) is 5.63. The molecule has 1 aromatic carbocycles. The third-order valence-corrected chi connectivity index (χ3v) is 4.25. The van der Waals surface area contributed by atoms with Crippen LogP contribution in [0.5, 0.6) is 0 Å². The molecule has 0 aliphatic heterocycles. The monoisotopic (exact) mass is 259 g/mol. The first-order valence-electron chi connectivity index (χ1n) is 7.05. The van der Waals surface area contributed by atoms with Crippen molar-refractivity contribution >= 4 is 16.7 Å². The number of nitrogen functional groups attached to an aromatic ring is 1. The second kappa shape index (κ2) is 4.85. The van der Waals surface area contributed by atoms with Gasteiger partial charge in [-0.05, 0) is 38.0 Å². The van der Waals surface area contributed by atoms with Crippen LogP contribution < -0.4 is 5.73 Å². The van der Waals surface area contributed by atoms with Gasteiger partial charge in [-0.2, -0.15) is 0 Å². The van der Waals surface area contributed by atoms with Crippen LogP contribution in [-0.2, 0) is 6.54 Å². The highest BCUT2D eigenvalue weighted by atomic mass is 16.3. The molecule has 2 aromatic rings. The number of hydrogen-bond donors (Lipinski definition) is 2. The molecule has 1 aliphatic rings. The van der Waals surface area contributed by atoms with Crippen molar-refractivity contribution in [2.75, 3.05) is 5.73 Å². The van der Waals surface area contributed by atoms with Crippen molar-refractivity contribution < 1.29 is 5.11 Å². The Morgan fingerprint density at radius 1 is 1.37 bits per heavy atom. The zero-order chi connectivity index (χ0) is 13.4. The van der Waals surface area contributed by atoms with Crippen molar-refractivity contribution in [2.45, 2.75) is 45.3 Å². The standard InChI is InChI=1S/C15H21N3O/c1-10-17-13-8-12(16)6-7-14(13)18(10)9-11-4-2-3-5-15(11)19/h6-8,11,15,19H,2-5,9,16H2,1H3. The minimum Gasteiger partial charge on any atom is -0.399 e. The van der Waals surface area contributed by atoms with Crippen molar-refractivity contribution in [3.05, 3.63) is 24.0 Å². The number of aliphatic hydroxyl groups excluding tert-OH is 1. The van der Waals surface area contributed by atoms with E-state index in [4.69, 9.17) is 5.73 Å². The van der Waals surface area contributed by atoms with Gasteiger partial charge in [0.2, 0.25) is 0 Å². The molecule has 19 heavy (non-hydrogen) atoms. The average Bonchev–Trinajstić information content (AvgIpc) is 2.68. The molecule has 1 fully saturated rings. The van der Waals surface area contributed by atoms with Gasteiger partial charge in [0.1, 0.15) is 5.82 Å². The number of aryl methyl sites for hydroxylation is 1. The molecule has 3 N–H and O–H groups in total. The summed E-state index contributed by atoms with van der Waals surface area (Å²) in [7, 11) is 0. The van der Waals surface area contributed by atoms with E-state index in [2.05, 4.69) is 9.55 Å². The zero-order valence-electron chi connectivity index (χ0n) is 11.3. The minimum absolute atomic E-state index is 0.167. The van der Waals surface area contributed by atoms with Crippen LogP contribution >= 0.6 is 0 Å². The fourth-order valence-electron chi connectivity index (χ4n) is 3.13. The number of nitrogens with two attached hydrogens (primary N) is 1. The summed E-state index contributed by atoms with van der Waals surface area (Å²) in [6, 6.07) is 5.85. The van der Waals surface area contributed by atoms with E-state index < -0.39 is 0 Å². The van der Waals surface area contributed by atoms with Gasteiger partial charge < -0.3 is 15.4 Å². The van der Waals surface area contributed by atoms with Crippen molar-refractivity contribution in [3.63, 3.8) is 0 Å². The van der Waals surface area contributed by atoms with Gasteiger partial charge in [-0.1, -0.05) is 12.8 Å². The molecule has 0 bridgehead atoms. The van der Waals surface area contributed by atoms with E-state index in [0.717, 1.165) is 48.4 Å². The summed E-state index contributed by atoms with van der Waals surface area (Å²) >= 11 is 0. The number of fused-ring (bicyclic) bond motifs is 1. The molecule has 1 saturated carbocycles. The van der Waals surface area contributed by atoms with Crippen LogP contribution in [0.25, 0.3) is 11.0 Å². The summed E-state index contributed by atoms with van der Waals surface area (Å²) in [5.74, 6) is 1.35. The summed E-state index contributed by atoms with van der Waals surface area (Å²) in [4.78, 5) is 4.57. The topological polar surface area (TPSA) is 64.1 Å². The first kappa shape index (κ1) is 12.5. The molecule has 0 spiro atoms. The second-order valence-electron chi connectivity index (χ2n) is 5.63. The minimum atomic E-state index is -0.167. The molecule has 102 valence electrons. The normalized spacial score (nSPS) is 23.9. The van der Waals surface area contributed by atoms with Gasteiger partial charge >= 0.3 is 0 Å². The van der Waals surface area contributed by atoms with Gasteiger partial charge in [-0.25, -0.2) is 4.98 Å². The van der Waals surface area contributed by atoms with E-state index in [1.807, 2.05) is 25.1 Å². The highest BCUT2D eigenvalue weighted by Gasteiger charge is 2.24. The Balaban J connectivity index is 1.93. The van der Waals surface area contributed by atoms with Crippen molar-refractivity contribution in [2.24, 2.45) is 5.92 Å². The number of anilines is 1. The van der Waals surface area contributed by atoms with Crippen LogP contribution in [0.4, 0.5) is 5.69 Å². The Kier molecular flexibility index (Phi) is 3.19. The molecular formula is C15H21N3O. The van der Waals surface area contributed by atoms with Crippen molar-refractivity contribution in [1.82, 2.24) is 9.55 Å². The number of aromatic nitrogens is 2. The molecule has 0 amide bonds. The van der Waals surface area contributed by atoms with Gasteiger partial charge in [0, 0.05) is 18.2 Å². The molecule has 0 saturated heterocycles. The molecule has 2 atom stereocenters. The number of aliphatic hydroxyl groups is 1. The number of benzene rings is 1. The predicted octanol–water partition coefficient (Wildman–Crippen LogP) is 2.48.